The summed E-state index contributed by atoms with van der Waals surface area (Å²) in [6.07, 6.45) is 1.18. The highest BCUT2D eigenvalue weighted by Crippen LogP contribution is 1.98. The number of hydrogen-bond donors (Lipinski definition) is 0. The van der Waals surface area contributed by atoms with E-state index in [4.69, 9.17) is 26.3 Å². The van der Waals surface area contributed by atoms with Gasteiger partial charge in [0.2, 0.25) is 0 Å². The minimum absolute atomic E-state index is 0.440. The van der Waals surface area contributed by atoms with Crippen LogP contribution in [0.5, 0.6) is 0 Å². The van der Waals surface area contributed by atoms with Gasteiger partial charge in [0.05, 0.1) is 6.07 Å². The fraction of sp³-hybridized carbons (Fsp3) is 0. The molecule has 0 aromatic rings. The van der Waals surface area contributed by atoms with Crippen LogP contribution in [-0.2, 0) is 0 Å². The van der Waals surface area contributed by atoms with E-state index in [1.807, 2.05) is 0 Å². The maximum atomic E-state index is 8.13. The Bertz CT molecular complexity index is 370. The Labute approximate surface area is 81.2 Å². The Balaban J connectivity index is 0. The second-order valence-corrected chi connectivity index (χ2v) is 1.53. The molecule has 0 amide bonds. The second-order valence-electron chi connectivity index (χ2n) is 1.53. The van der Waals surface area contributed by atoms with E-state index >= 15 is 0 Å². The van der Waals surface area contributed by atoms with Gasteiger partial charge in [-0.05, 0) is 0 Å². The van der Waals surface area contributed by atoms with E-state index in [2.05, 4.69) is 6.58 Å². The zero-order valence-corrected chi connectivity index (χ0v) is 7.02. The largest absolute Gasteiger partial charge is 0.193 e. The van der Waals surface area contributed by atoms with Crippen LogP contribution >= 0.6 is 0 Å². The summed E-state index contributed by atoms with van der Waals surface area (Å²) in [5.74, 6) is 0. The molecule has 5 heteroatoms. The summed E-state index contributed by atoms with van der Waals surface area (Å²) >= 11 is 0. The fourth-order valence-electron chi connectivity index (χ4n) is 0.274. The normalized spacial score (nSPS) is 5.07. The van der Waals surface area contributed by atoms with Gasteiger partial charge in [0.1, 0.15) is 24.3 Å². The third-order valence-electron chi connectivity index (χ3n) is 0.789. The SMILES string of the molecule is C=CC#N.N#CC(C#N)=C(C#N)C#N. The first-order valence-corrected chi connectivity index (χ1v) is 3.06. The average Bonchev–Trinajstić information content (AvgIpc) is 2.26. The number of allylic oxidation sites excluding steroid dienone is 3. The van der Waals surface area contributed by atoms with E-state index in [1.165, 1.54) is 30.4 Å². The zero-order chi connectivity index (χ0) is 11.4. The summed E-state index contributed by atoms with van der Waals surface area (Å²) in [6, 6.07) is 7.40. The van der Waals surface area contributed by atoms with Gasteiger partial charge in [0, 0.05) is 6.08 Å². The van der Waals surface area contributed by atoms with Crippen LogP contribution in [0.4, 0.5) is 0 Å². The van der Waals surface area contributed by atoms with Crippen molar-refractivity contribution in [3.63, 3.8) is 0 Å². The van der Waals surface area contributed by atoms with E-state index in [9.17, 15) is 0 Å². The topological polar surface area (TPSA) is 119 Å². The van der Waals surface area contributed by atoms with Gasteiger partial charge in [-0.15, -0.1) is 0 Å². The molecule has 0 N–H and O–H groups in total. The standard InChI is InChI=1S/C6N4.C3H3N/c7-1-5(2-8)6(3-9)4-10;1-2-3-4/h;2H,1H2. The molecule has 0 atom stereocenters. The predicted octanol–water partition coefficient (Wildman–Crippen LogP) is 1.07. The molecule has 5 nitrogen and oxygen atoms in total. The molecule has 0 spiro atoms. The molecule has 0 bridgehead atoms. The summed E-state index contributed by atoms with van der Waals surface area (Å²) in [7, 11) is 0. The molecule has 0 unspecified atom stereocenters. The molecular formula is C9H3N5. The lowest BCUT2D eigenvalue weighted by molar-refractivity contribution is 1.41. The van der Waals surface area contributed by atoms with E-state index < -0.39 is 11.1 Å². The Morgan fingerprint density at radius 2 is 1.00 bits per heavy atom. The van der Waals surface area contributed by atoms with Crippen molar-refractivity contribution in [1.82, 2.24) is 0 Å². The molecule has 0 saturated heterocycles. The van der Waals surface area contributed by atoms with Crippen molar-refractivity contribution in [3.05, 3.63) is 23.8 Å². The monoisotopic (exact) mass is 181 g/mol. The van der Waals surface area contributed by atoms with Gasteiger partial charge in [-0.2, -0.15) is 26.3 Å². The van der Waals surface area contributed by atoms with Crippen molar-refractivity contribution >= 4 is 0 Å². The molecule has 0 saturated carbocycles. The Kier molecular flexibility index (Phi) is 9.59. The molecule has 0 aromatic heterocycles. The van der Waals surface area contributed by atoms with Crippen LogP contribution in [0.15, 0.2) is 23.8 Å². The molecule has 14 heavy (non-hydrogen) atoms. The Morgan fingerprint density at radius 3 is 1.07 bits per heavy atom. The van der Waals surface area contributed by atoms with Gasteiger partial charge in [-0.25, -0.2) is 0 Å². The molecule has 0 aromatic carbocycles. The number of hydrogen-bond acceptors (Lipinski definition) is 5. The first-order chi connectivity index (χ1) is 6.71. The second kappa shape index (κ2) is 9.93. The lowest BCUT2D eigenvalue weighted by Crippen LogP contribution is -1.79. The van der Waals surface area contributed by atoms with Crippen molar-refractivity contribution < 1.29 is 0 Å². The molecular weight excluding hydrogens is 178 g/mol. The molecule has 0 heterocycles. The molecule has 0 radical (unpaired) electrons. The van der Waals surface area contributed by atoms with E-state index in [0.29, 0.717) is 0 Å². The minimum Gasteiger partial charge on any atom is -0.193 e. The van der Waals surface area contributed by atoms with Gasteiger partial charge in [-0.1, -0.05) is 6.58 Å². The van der Waals surface area contributed by atoms with E-state index in [0.717, 1.165) is 0 Å². The van der Waals surface area contributed by atoms with E-state index in [-0.39, 0.29) is 0 Å². The highest BCUT2D eigenvalue weighted by Gasteiger charge is 2.01. The van der Waals surface area contributed by atoms with Gasteiger partial charge < -0.3 is 0 Å². The lowest BCUT2D eigenvalue weighted by atomic mass is 10.2. The van der Waals surface area contributed by atoms with Crippen LogP contribution in [0.25, 0.3) is 0 Å². The summed E-state index contributed by atoms with van der Waals surface area (Å²) in [5, 5.41) is 40.0. The van der Waals surface area contributed by atoms with Crippen LogP contribution in [-0.4, -0.2) is 0 Å². The van der Waals surface area contributed by atoms with Crippen molar-refractivity contribution in [2.75, 3.05) is 0 Å². The fourth-order valence-corrected chi connectivity index (χ4v) is 0.274. The lowest BCUT2D eigenvalue weighted by Gasteiger charge is -1.76. The minimum atomic E-state index is -0.440. The molecule has 0 aliphatic carbocycles. The summed E-state index contributed by atoms with van der Waals surface area (Å²) in [6.45, 7) is 3.12. The van der Waals surface area contributed by atoms with Crippen LogP contribution in [0, 0.1) is 56.7 Å². The quantitative estimate of drug-likeness (QED) is 0.517. The zero-order valence-electron chi connectivity index (χ0n) is 7.02. The highest BCUT2D eigenvalue weighted by molar-refractivity contribution is 5.52. The third kappa shape index (κ3) is 5.70. The van der Waals surface area contributed by atoms with Gasteiger partial charge >= 0.3 is 0 Å². The Morgan fingerprint density at radius 1 is 0.786 bits per heavy atom. The molecule has 0 aliphatic heterocycles. The maximum absolute atomic E-state index is 8.13. The number of nitrogens with zero attached hydrogens (tertiary/aromatic N) is 5. The number of nitriles is 5. The van der Waals surface area contributed by atoms with Crippen LogP contribution in [0.1, 0.15) is 0 Å². The number of rotatable bonds is 0. The molecule has 64 valence electrons. The van der Waals surface area contributed by atoms with Gasteiger partial charge in [0.15, 0.2) is 11.1 Å². The average molecular weight is 181 g/mol. The highest BCUT2D eigenvalue weighted by atomic mass is 14.3. The maximum Gasteiger partial charge on any atom is 0.158 e. The first-order valence-electron chi connectivity index (χ1n) is 3.06. The third-order valence-corrected chi connectivity index (χ3v) is 0.789. The molecule has 0 rings (SSSR count). The predicted molar refractivity (Wildman–Crippen MR) is 45.3 cm³/mol. The molecule has 0 fully saturated rings. The smallest absolute Gasteiger partial charge is 0.158 e. The summed E-state index contributed by atoms with van der Waals surface area (Å²) < 4.78 is 0. The summed E-state index contributed by atoms with van der Waals surface area (Å²) in [5.41, 5.74) is -0.880. The van der Waals surface area contributed by atoms with Gasteiger partial charge in [0.25, 0.3) is 0 Å². The van der Waals surface area contributed by atoms with Crippen molar-refractivity contribution in [1.29, 1.82) is 26.3 Å². The summed E-state index contributed by atoms with van der Waals surface area (Å²) in [4.78, 5) is 0. The van der Waals surface area contributed by atoms with Crippen LogP contribution in [0.3, 0.4) is 0 Å². The Hall–Kier alpha value is -3.07. The van der Waals surface area contributed by atoms with Crippen molar-refractivity contribution in [3.8, 4) is 30.3 Å². The molecule has 0 aliphatic rings. The van der Waals surface area contributed by atoms with Gasteiger partial charge in [-0.3, -0.25) is 0 Å². The van der Waals surface area contributed by atoms with Crippen molar-refractivity contribution in [2.45, 2.75) is 0 Å². The van der Waals surface area contributed by atoms with Crippen LogP contribution in [0.2, 0.25) is 0 Å². The van der Waals surface area contributed by atoms with E-state index in [1.54, 1.807) is 6.07 Å². The van der Waals surface area contributed by atoms with Crippen molar-refractivity contribution in [2.24, 2.45) is 0 Å². The van der Waals surface area contributed by atoms with Crippen LogP contribution < -0.4 is 0 Å². The first kappa shape index (κ1) is 13.5.